The summed E-state index contributed by atoms with van der Waals surface area (Å²) in [6.07, 6.45) is 1.55. The number of piperazine rings is 1. The molecule has 0 unspecified atom stereocenters. The Labute approximate surface area is 202 Å². The van der Waals surface area contributed by atoms with Gasteiger partial charge in [0.15, 0.2) is 0 Å². The predicted octanol–water partition coefficient (Wildman–Crippen LogP) is 3.07. The van der Waals surface area contributed by atoms with E-state index < -0.39 is 0 Å². The summed E-state index contributed by atoms with van der Waals surface area (Å²) in [5, 5.41) is 3.95. The van der Waals surface area contributed by atoms with Gasteiger partial charge in [-0.05, 0) is 31.7 Å². The molecule has 2 saturated heterocycles. The van der Waals surface area contributed by atoms with Gasteiger partial charge in [0.1, 0.15) is 11.9 Å². The zero-order valence-electron chi connectivity index (χ0n) is 19.2. The number of benzene rings is 1. The third-order valence-corrected chi connectivity index (χ3v) is 6.95. The zero-order valence-corrected chi connectivity index (χ0v) is 20.8. The Morgan fingerprint density at radius 1 is 1.15 bits per heavy atom. The number of aromatic nitrogens is 1. The summed E-state index contributed by atoms with van der Waals surface area (Å²) in [7, 11) is 2.07. The standard InChI is InChI=1S/C24H31BrN4O4/c1-3-19-15-22(33-26-19)24(31)29-8-7-21(32-20-6-4-5-18(25)14-20)17(16-29)13-23(30)28-11-9-27(2)10-12-28/h4-6,14-15,17,21H,3,7-13,16H2,1-2H3/t17-,21-/m0/s1. The van der Waals surface area contributed by atoms with Crippen molar-refractivity contribution < 1.29 is 18.8 Å². The molecule has 1 aromatic carbocycles. The van der Waals surface area contributed by atoms with Crippen LogP contribution < -0.4 is 4.74 Å². The third-order valence-electron chi connectivity index (χ3n) is 6.46. The number of rotatable bonds is 6. The molecular formula is C24H31BrN4O4. The highest BCUT2D eigenvalue weighted by Crippen LogP contribution is 2.29. The van der Waals surface area contributed by atoms with Gasteiger partial charge in [-0.2, -0.15) is 0 Å². The minimum atomic E-state index is -0.180. The van der Waals surface area contributed by atoms with Crippen molar-refractivity contribution in [3.8, 4) is 5.75 Å². The Bertz CT molecular complexity index is 973. The average Bonchev–Trinajstić information content (AvgIpc) is 3.29. The van der Waals surface area contributed by atoms with Crippen LogP contribution in [0.25, 0.3) is 0 Å². The van der Waals surface area contributed by atoms with Crippen molar-refractivity contribution in [2.45, 2.75) is 32.3 Å². The van der Waals surface area contributed by atoms with Crippen molar-refractivity contribution in [1.82, 2.24) is 19.9 Å². The van der Waals surface area contributed by atoms with E-state index in [-0.39, 0.29) is 29.6 Å². The van der Waals surface area contributed by atoms with E-state index in [9.17, 15) is 9.59 Å². The number of likely N-dealkylation sites (N-methyl/N-ethyl adjacent to an activating group) is 1. The molecule has 0 bridgehead atoms. The maximum atomic E-state index is 13.1. The molecule has 3 heterocycles. The molecule has 4 rings (SSSR count). The van der Waals surface area contributed by atoms with E-state index in [2.05, 4.69) is 33.0 Å². The van der Waals surface area contributed by atoms with Crippen molar-refractivity contribution in [3.05, 3.63) is 46.3 Å². The number of hydrogen-bond acceptors (Lipinski definition) is 6. The second-order valence-corrected chi connectivity index (χ2v) is 9.75. The van der Waals surface area contributed by atoms with Crippen molar-refractivity contribution in [3.63, 3.8) is 0 Å². The van der Waals surface area contributed by atoms with Gasteiger partial charge >= 0.3 is 0 Å². The summed E-state index contributed by atoms with van der Waals surface area (Å²) in [6, 6.07) is 9.43. The molecule has 33 heavy (non-hydrogen) atoms. The second kappa shape index (κ2) is 10.7. The van der Waals surface area contributed by atoms with Gasteiger partial charge in [0, 0.05) is 68.6 Å². The van der Waals surface area contributed by atoms with Gasteiger partial charge in [-0.25, -0.2) is 0 Å². The molecule has 0 radical (unpaired) electrons. The maximum Gasteiger partial charge on any atom is 0.292 e. The molecule has 0 spiro atoms. The van der Waals surface area contributed by atoms with Crippen LogP contribution in [0.5, 0.6) is 5.75 Å². The molecule has 0 saturated carbocycles. The van der Waals surface area contributed by atoms with Crippen LogP contribution in [0.2, 0.25) is 0 Å². The molecule has 178 valence electrons. The lowest BCUT2D eigenvalue weighted by Gasteiger charge is -2.39. The summed E-state index contributed by atoms with van der Waals surface area (Å²) in [6.45, 7) is 6.18. The first-order chi connectivity index (χ1) is 15.9. The van der Waals surface area contributed by atoms with Crippen LogP contribution in [0.4, 0.5) is 0 Å². The predicted molar refractivity (Wildman–Crippen MR) is 127 cm³/mol. The molecule has 2 aromatic rings. The molecule has 8 nitrogen and oxygen atoms in total. The van der Waals surface area contributed by atoms with E-state index in [4.69, 9.17) is 9.26 Å². The highest BCUT2D eigenvalue weighted by atomic mass is 79.9. The number of piperidine rings is 1. The van der Waals surface area contributed by atoms with Gasteiger partial charge in [-0.1, -0.05) is 34.1 Å². The van der Waals surface area contributed by atoms with Gasteiger partial charge in [0.2, 0.25) is 11.7 Å². The quantitative estimate of drug-likeness (QED) is 0.584. The Morgan fingerprint density at radius 3 is 2.64 bits per heavy atom. The summed E-state index contributed by atoms with van der Waals surface area (Å²) in [5.74, 6) is 0.845. The van der Waals surface area contributed by atoms with E-state index in [0.29, 0.717) is 32.4 Å². The SMILES string of the molecule is CCc1cc(C(=O)N2CC[C@H](Oc3cccc(Br)c3)[C@@H](CC(=O)N3CCN(C)CC3)C2)on1. The molecule has 9 heteroatoms. The van der Waals surface area contributed by atoms with Gasteiger partial charge in [-0.3, -0.25) is 9.59 Å². The number of carbonyl (C=O) groups excluding carboxylic acids is 2. The molecule has 1 aromatic heterocycles. The van der Waals surface area contributed by atoms with Crippen molar-refractivity contribution in [2.24, 2.45) is 5.92 Å². The Balaban J connectivity index is 1.47. The highest BCUT2D eigenvalue weighted by molar-refractivity contribution is 9.10. The molecule has 0 aliphatic carbocycles. The maximum absolute atomic E-state index is 13.1. The van der Waals surface area contributed by atoms with Crippen molar-refractivity contribution in [1.29, 1.82) is 0 Å². The molecule has 0 N–H and O–H groups in total. The number of aryl methyl sites for hydroxylation is 1. The van der Waals surface area contributed by atoms with Crippen LogP contribution in [0.1, 0.15) is 36.0 Å². The number of amides is 2. The van der Waals surface area contributed by atoms with Crippen LogP contribution in [-0.2, 0) is 11.2 Å². The minimum Gasteiger partial charge on any atom is -0.490 e. The second-order valence-electron chi connectivity index (χ2n) is 8.84. The molecule has 2 aliphatic rings. The summed E-state index contributed by atoms with van der Waals surface area (Å²) in [5.41, 5.74) is 0.757. The molecular weight excluding hydrogens is 488 g/mol. The number of ether oxygens (including phenoxy) is 1. The largest absolute Gasteiger partial charge is 0.490 e. The fraction of sp³-hybridized carbons (Fsp3) is 0.542. The highest BCUT2D eigenvalue weighted by Gasteiger charge is 2.36. The Morgan fingerprint density at radius 2 is 1.94 bits per heavy atom. The number of halogens is 1. The van der Waals surface area contributed by atoms with Crippen LogP contribution in [0, 0.1) is 5.92 Å². The third kappa shape index (κ3) is 5.95. The summed E-state index contributed by atoms with van der Waals surface area (Å²) in [4.78, 5) is 32.1. The molecule has 2 aliphatic heterocycles. The number of carbonyl (C=O) groups is 2. The van der Waals surface area contributed by atoms with Crippen molar-refractivity contribution >= 4 is 27.7 Å². The monoisotopic (exact) mass is 518 g/mol. The van der Waals surface area contributed by atoms with Crippen LogP contribution in [0.15, 0.2) is 39.3 Å². The average molecular weight is 519 g/mol. The van der Waals surface area contributed by atoms with Gasteiger partial charge in [-0.15, -0.1) is 0 Å². The first kappa shape index (κ1) is 23.8. The van der Waals surface area contributed by atoms with Gasteiger partial charge < -0.3 is 24.0 Å². The van der Waals surface area contributed by atoms with E-state index in [1.807, 2.05) is 36.1 Å². The lowest BCUT2D eigenvalue weighted by Crippen LogP contribution is -2.51. The van der Waals surface area contributed by atoms with Gasteiger partial charge in [0.05, 0.1) is 5.69 Å². The first-order valence-corrected chi connectivity index (χ1v) is 12.4. The summed E-state index contributed by atoms with van der Waals surface area (Å²) < 4.78 is 12.5. The summed E-state index contributed by atoms with van der Waals surface area (Å²) >= 11 is 3.49. The normalized spacial score (nSPS) is 21.8. The zero-order chi connectivity index (χ0) is 23.4. The molecule has 2 fully saturated rings. The number of nitrogens with zero attached hydrogens (tertiary/aromatic N) is 4. The fourth-order valence-electron chi connectivity index (χ4n) is 4.41. The van der Waals surface area contributed by atoms with Crippen LogP contribution in [-0.4, -0.2) is 84.1 Å². The Kier molecular flexibility index (Phi) is 7.70. The van der Waals surface area contributed by atoms with Crippen LogP contribution in [0.3, 0.4) is 0 Å². The first-order valence-electron chi connectivity index (χ1n) is 11.6. The Hall–Kier alpha value is -2.39. The van der Waals surface area contributed by atoms with E-state index in [1.165, 1.54) is 0 Å². The van der Waals surface area contributed by atoms with Crippen LogP contribution >= 0.6 is 15.9 Å². The van der Waals surface area contributed by atoms with E-state index in [0.717, 1.165) is 42.1 Å². The van der Waals surface area contributed by atoms with Crippen molar-refractivity contribution in [2.75, 3.05) is 46.3 Å². The topological polar surface area (TPSA) is 79.1 Å². The lowest BCUT2D eigenvalue weighted by molar-refractivity contribution is -0.135. The molecule has 2 amide bonds. The minimum absolute atomic E-state index is 0.109. The van der Waals surface area contributed by atoms with E-state index >= 15 is 0 Å². The smallest absolute Gasteiger partial charge is 0.292 e. The lowest BCUT2D eigenvalue weighted by atomic mass is 9.90. The molecule has 2 atom stereocenters. The fourth-order valence-corrected chi connectivity index (χ4v) is 4.78. The van der Waals surface area contributed by atoms with Gasteiger partial charge in [0.25, 0.3) is 5.91 Å². The number of likely N-dealkylation sites (tertiary alicyclic amines) is 1. The number of hydrogen-bond donors (Lipinski definition) is 0. The van der Waals surface area contributed by atoms with E-state index in [1.54, 1.807) is 11.0 Å².